The molecule has 1 saturated heterocycles. The number of hydrogen-bond donors (Lipinski definition) is 2. The average Bonchev–Trinajstić information content (AvgIpc) is 2.41. The zero-order chi connectivity index (χ0) is 13.0. The van der Waals surface area contributed by atoms with E-state index in [2.05, 4.69) is 33.1 Å². The van der Waals surface area contributed by atoms with Gasteiger partial charge in [-0.1, -0.05) is 25.5 Å². The van der Waals surface area contributed by atoms with Crippen molar-refractivity contribution in [3.8, 4) is 5.75 Å². The smallest absolute Gasteiger partial charge is 0.134 e. The van der Waals surface area contributed by atoms with Gasteiger partial charge in [0.1, 0.15) is 5.75 Å². The summed E-state index contributed by atoms with van der Waals surface area (Å²) in [4.78, 5) is 2.47. The number of phenolic OH excluding ortho intramolecular Hbond substituents is 1. The van der Waals surface area contributed by atoms with Gasteiger partial charge in [-0.25, -0.2) is 0 Å². The number of nitrogens with one attached hydrogen (secondary N) is 1. The van der Waals surface area contributed by atoms with Crippen molar-refractivity contribution >= 4 is 40.7 Å². The molecule has 1 aliphatic heterocycles. The Bertz CT molecular complexity index is 401. The molecule has 1 aromatic carbocycles. The van der Waals surface area contributed by atoms with Crippen molar-refractivity contribution in [1.82, 2.24) is 10.2 Å². The van der Waals surface area contributed by atoms with Gasteiger partial charge in [-0.3, -0.25) is 4.90 Å². The van der Waals surface area contributed by atoms with Crippen LogP contribution in [0.15, 0.2) is 22.7 Å². The minimum Gasteiger partial charge on any atom is -0.506 e. The molecule has 1 fully saturated rings. The molecule has 0 bridgehead atoms. The van der Waals surface area contributed by atoms with Crippen molar-refractivity contribution in [1.29, 1.82) is 0 Å². The topological polar surface area (TPSA) is 35.5 Å². The second-order valence-electron chi connectivity index (χ2n) is 4.77. The molecule has 0 aromatic heterocycles. The van der Waals surface area contributed by atoms with E-state index in [0.717, 1.165) is 49.1 Å². The third-order valence-electron chi connectivity index (χ3n) is 3.53. The highest BCUT2D eigenvalue weighted by atomic mass is 79.9. The number of nitrogens with zero attached hydrogens (tertiary/aromatic N) is 1. The van der Waals surface area contributed by atoms with Crippen LogP contribution in [-0.2, 0) is 0 Å². The standard InChI is InChI=1S/C14H21BrN2O.2ClH/c1-2-4-13(17-9-7-16-8-10-17)11-5-3-6-12(15)14(11)18;;/h3,5-6,13,16,18H,2,4,7-10H2,1H3;2*1H/t13-;;/m0../s1. The van der Waals surface area contributed by atoms with Gasteiger partial charge >= 0.3 is 0 Å². The number of benzene rings is 1. The lowest BCUT2D eigenvalue weighted by Crippen LogP contribution is -2.45. The number of para-hydroxylation sites is 1. The van der Waals surface area contributed by atoms with E-state index < -0.39 is 0 Å². The number of phenols is 1. The molecule has 1 aliphatic rings. The van der Waals surface area contributed by atoms with Gasteiger partial charge in [0.2, 0.25) is 0 Å². The molecule has 0 radical (unpaired) electrons. The first-order valence-electron chi connectivity index (χ1n) is 6.66. The van der Waals surface area contributed by atoms with E-state index in [9.17, 15) is 5.11 Å². The Balaban J connectivity index is 0.00000180. The highest BCUT2D eigenvalue weighted by molar-refractivity contribution is 9.10. The van der Waals surface area contributed by atoms with Crippen LogP contribution in [0.3, 0.4) is 0 Å². The third-order valence-corrected chi connectivity index (χ3v) is 4.17. The van der Waals surface area contributed by atoms with Crippen LogP contribution in [0, 0.1) is 0 Å². The molecule has 2 rings (SSSR count). The highest BCUT2D eigenvalue weighted by Gasteiger charge is 2.24. The lowest BCUT2D eigenvalue weighted by Gasteiger charge is -2.35. The van der Waals surface area contributed by atoms with Crippen molar-refractivity contribution in [2.75, 3.05) is 26.2 Å². The van der Waals surface area contributed by atoms with Gasteiger partial charge < -0.3 is 10.4 Å². The second-order valence-corrected chi connectivity index (χ2v) is 5.62. The largest absolute Gasteiger partial charge is 0.506 e. The molecule has 1 atom stereocenters. The van der Waals surface area contributed by atoms with E-state index in [1.54, 1.807) is 0 Å². The van der Waals surface area contributed by atoms with E-state index in [0.29, 0.717) is 11.8 Å². The van der Waals surface area contributed by atoms with E-state index >= 15 is 0 Å². The molecular formula is C14H23BrCl2N2O. The number of rotatable bonds is 4. The molecule has 0 saturated carbocycles. The maximum Gasteiger partial charge on any atom is 0.134 e. The summed E-state index contributed by atoms with van der Waals surface area (Å²) in [7, 11) is 0. The molecule has 6 heteroatoms. The number of halogens is 3. The number of aromatic hydroxyl groups is 1. The first-order valence-corrected chi connectivity index (χ1v) is 7.45. The second kappa shape index (κ2) is 9.85. The van der Waals surface area contributed by atoms with E-state index in [1.807, 2.05) is 18.2 Å². The van der Waals surface area contributed by atoms with Gasteiger partial charge in [-0.2, -0.15) is 0 Å². The fourth-order valence-corrected chi connectivity index (χ4v) is 2.98. The molecule has 3 nitrogen and oxygen atoms in total. The molecule has 20 heavy (non-hydrogen) atoms. The Morgan fingerprint density at radius 1 is 1.30 bits per heavy atom. The third kappa shape index (κ3) is 4.78. The summed E-state index contributed by atoms with van der Waals surface area (Å²) in [6.07, 6.45) is 2.21. The van der Waals surface area contributed by atoms with Gasteiger partial charge in [-0.05, 0) is 28.4 Å². The van der Waals surface area contributed by atoms with Crippen LogP contribution in [0.25, 0.3) is 0 Å². The molecule has 0 spiro atoms. The lowest BCUT2D eigenvalue weighted by molar-refractivity contribution is 0.162. The summed E-state index contributed by atoms with van der Waals surface area (Å²) in [5, 5.41) is 13.6. The summed E-state index contributed by atoms with van der Waals surface area (Å²) in [5.74, 6) is 0.398. The zero-order valence-electron chi connectivity index (χ0n) is 11.6. The molecule has 0 unspecified atom stereocenters. The first-order chi connectivity index (χ1) is 8.74. The zero-order valence-corrected chi connectivity index (χ0v) is 14.9. The maximum absolute atomic E-state index is 10.2. The molecule has 1 aromatic rings. The Morgan fingerprint density at radius 3 is 2.55 bits per heavy atom. The SMILES string of the molecule is CCC[C@@H](c1cccc(Br)c1O)N1CCNCC1.Cl.Cl. The van der Waals surface area contributed by atoms with Crippen LogP contribution in [0.5, 0.6) is 5.75 Å². The minimum absolute atomic E-state index is 0. The normalized spacial score (nSPS) is 16.9. The van der Waals surface area contributed by atoms with Crippen molar-refractivity contribution in [3.05, 3.63) is 28.2 Å². The van der Waals surface area contributed by atoms with Crippen LogP contribution < -0.4 is 5.32 Å². The molecule has 2 N–H and O–H groups in total. The van der Waals surface area contributed by atoms with Gasteiger partial charge in [0.05, 0.1) is 4.47 Å². The van der Waals surface area contributed by atoms with E-state index in [1.165, 1.54) is 0 Å². The number of hydrogen-bond acceptors (Lipinski definition) is 3. The summed E-state index contributed by atoms with van der Waals surface area (Å²) in [5.41, 5.74) is 1.05. The van der Waals surface area contributed by atoms with Crippen LogP contribution in [0.1, 0.15) is 31.4 Å². The van der Waals surface area contributed by atoms with Crippen LogP contribution >= 0.6 is 40.7 Å². The monoisotopic (exact) mass is 384 g/mol. The predicted octanol–water partition coefficient (Wildman–Crippen LogP) is 3.74. The van der Waals surface area contributed by atoms with Gasteiger partial charge in [-0.15, -0.1) is 24.8 Å². The van der Waals surface area contributed by atoms with Crippen molar-refractivity contribution < 1.29 is 5.11 Å². The predicted molar refractivity (Wildman–Crippen MR) is 92.4 cm³/mol. The fraction of sp³-hybridized carbons (Fsp3) is 0.571. The van der Waals surface area contributed by atoms with Gasteiger partial charge in [0.15, 0.2) is 0 Å². The summed E-state index contributed by atoms with van der Waals surface area (Å²) in [6, 6.07) is 6.26. The quantitative estimate of drug-likeness (QED) is 0.828. The molecule has 0 aliphatic carbocycles. The summed E-state index contributed by atoms with van der Waals surface area (Å²) >= 11 is 3.41. The highest BCUT2D eigenvalue weighted by Crippen LogP contribution is 2.36. The fourth-order valence-electron chi connectivity index (χ4n) is 2.60. The Hall–Kier alpha value is -0.000000000000000111. The summed E-state index contributed by atoms with van der Waals surface area (Å²) < 4.78 is 0.788. The van der Waals surface area contributed by atoms with Gasteiger partial charge in [0, 0.05) is 37.8 Å². The number of piperazine rings is 1. The Morgan fingerprint density at radius 2 is 1.95 bits per heavy atom. The van der Waals surface area contributed by atoms with Crippen molar-refractivity contribution in [2.24, 2.45) is 0 Å². The van der Waals surface area contributed by atoms with Crippen molar-refractivity contribution in [2.45, 2.75) is 25.8 Å². The minimum atomic E-state index is 0. The summed E-state index contributed by atoms with van der Waals surface area (Å²) in [6.45, 7) is 6.38. The van der Waals surface area contributed by atoms with E-state index in [-0.39, 0.29) is 24.8 Å². The maximum atomic E-state index is 10.2. The molecule has 1 heterocycles. The molecular weight excluding hydrogens is 363 g/mol. The van der Waals surface area contributed by atoms with E-state index in [4.69, 9.17) is 0 Å². The van der Waals surface area contributed by atoms with Gasteiger partial charge in [0.25, 0.3) is 0 Å². The van der Waals surface area contributed by atoms with Crippen LogP contribution in [0.4, 0.5) is 0 Å². The Kier molecular flexibility index (Phi) is 9.85. The first kappa shape index (κ1) is 20.0. The lowest BCUT2D eigenvalue weighted by atomic mass is 9.99. The average molecular weight is 386 g/mol. The van der Waals surface area contributed by atoms with Crippen molar-refractivity contribution in [3.63, 3.8) is 0 Å². The van der Waals surface area contributed by atoms with Crippen LogP contribution in [-0.4, -0.2) is 36.2 Å². The molecule has 0 amide bonds. The Labute approximate surface area is 142 Å². The molecule has 116 valence electrons. The van der Waals surface area contributed by atoms with Crippen LogP contribution in [0.2, 0.25) is 0 Å².